The molecular formula is C25H31N9O2. The van der Waals surface area contributed by atoms with E-state index >= 15 is 0 Å². The third-order valence-corrected chi connectivity index (χ3v) is 7.21. The highest BCUT2D eigenvalue weighted by Crippen LogP contribution is 2.37. The Balaban J connectivity index is 1.32. The van der Waals surface area contributed by atoms with Crippen LogP contribution in [0.4, 0.5) is 17.6 Å². The van der Waals surface area contributed by atoms with Gasteiger partial charge < -0.3 is 20.1 Å². The van der Waals surface area contributed by atoms with Crippen LogP contribution in [0.3, 0.4) is 0 Å². The molecule has 5 rings (SSSR count). The maximum atomic E-state index is 9.28. The van der Waals surface area contributed by atoms with Crippen LogP contribution in [-0.4, -0.2) is 67.4 Å². The van der Waals surface area contributed by atoms with E-state index in [1.54, 1.807) is 25.4 Å². The molecule has 5 heterocycles. The smallest absolute Gasteiger partial charge is 0.230 e. The fourth-order valence-corrected chi connectivity index (χ4v) is 5.41. The molecule has 3 N–H and O–H groups in total. The molecule has 0 aliphatic carbocycles. The SMILES string of the molecule is COc1cc(Nc2cc(CO)[nH]n2)nc(N(C)C2C[C@H]3CCC[C@@H](C2)N3Cc2cncc(C#N)c2)n1. The second-order valence-corrected chi connectivity index (χ2v) is 9.50. The molecule has 3 aromatic rings. The average molecular weight is 490 g/mol. The number of pyridine rings is 1. The quantitative estimate of drug-likeness (QED) is 0.433. The first kappa shape index (κ1) is 24.0. The lowest BCUT2D eigenvalue weighted by Crippen LogP contribution is -2.56. The van der Waals surface area contributed by atoms with Gasteiger partial charge in [0.2, 0.25) is 11.8 Å². The summed E-state index contributed by atoms with van der Waals surface area (Å²) in [5.74, 6) is 2.19. The number of aromatic nitrogens is 5. The van der Waals surface area contributed by atoms with E-state index in [1.165, 1.54) is 6.42 Å². The summed E-state index contributed by atoms with van der Waals surface area (Å²) < 4.78 is 5.45. The standard InChI is InChI=1S/C25H31N9O2/c1-33(25-29-22(10-24(30-25)36-2)28-23-7-18(15-35)31-32-23)21-8-19-4-3-5-20(9-21)34(19)14-17-6-16(11-26)12-27-13-17/h6-7,10,12-13,19-21,35H,3-5,8-9,14-15H2,1-2H3,(H2,28,29,30,31,32)/t19-,20+,21?. The van der Waals surface area contributed by atoms with E-state index in [0.29, 0.717) is 52.8 Å². The number of ether oxygens (including phenoxy) is 1. The molecule has 2 aliphatic rings. The minimum atomic E-state index is -0.114. The maximum absolute atomic E-state index is 9.28. The number of aliphatic hydroxyl groups is 1. The molecule has 3 atom stereocenters. The topological polar surface area (TPSA) is 139 Å². The number of H-pyrrole nitrogens is 1. The van der Waals surface area contributed by atoms with Crippen molar-refractivity contribution in [2.45, 2.75) is 63.4 Å². The zero-order chi connectivity index (χ0) is 25.1. The highest BCUT2D eigenvalue weighted by molar-refractivity contribution is 5.55. The van der Waals surface area contributed by atoms with E-state index < -0.39 is 0 Å². The predicted molar refractivity (Wildman–Crippen MR) is 134 cm³/mol. The van der Waals surface area contributed by atoms with E-state index in [2.05, 4.69) is 41.4 Å². The Morgan fingerprint density at radius 2 is 2.00 bits per heavy atom. The summed E-state index contributed by atoms with van der Waals surface area (Å²) in [4.78, 5) is 18.4. The number of anilines is 3. The number of aliphatic hydroxyl groups excluding tert-OH is 1. The zero-order valence-corrected chi connectivity index (χ0v) is 20.6. The van der Waals surface area contributed by atoms with Gasteiger partial charge in [-0.2, -0.15) is 20.3 Å². The summed E-state index contributed by atoms with van der Waals surface area (Å²) in [6.07, 6.45) is 9.06. The molecule has 2 aliphatic heterocycles. The minimum Gasteiger partial charge on any atom is -0.481 e. The number of hydrogen-bond acceptors (Lipinski definition) is 10. The second-order valence-electron chi connectivity index (χ2n) is 9.50. The van der Waals surface area contributed by atoms with Crippen molar-refractivity contribution in [2.75, 3.05) is 24.4 Å². The van der Waals surface area contributed by atoms with Crippen LogP contribution in [-0.2, 0) is 13.2 Å². The number of nitriles is 1. The van der Waals surface area contributed by atoms with Gasteiger partial charge in [-0.1, -0.05) is 6.42 Å². The van der Waals surface area contributed by atoms with Crippen molar-refractivity contribution in [1.29, 1.82) is 5.26 Å². The fraction of sp³-hybridized carbons (Fsp3) is 0.480. The number of fused-ring (bicyclic) bond motifs is 2. The third-order valence-electron chi connectivity index (χ3n) is 7.21. The Morgan fingerprint density at radius 1 is 1.19 bits per heavy atom. The Labute approximate surface area is 210 Å². The van der Waals surface area contributed by atoms with Crippen molar-refractivity contribution >= 4 is 17.6 Å². The van der Waals surface area contributed by atoms with E-state index in [9.17, 15) is 10.4 Å². The summed E-state index contributed by atoms with van der Waals surface area (Å²) in [6, 6.07) is 8.82. The molecule has 11 heteroatoms. The van der Waals surface area contributed by atoms with E-state index in [1.807, 2.05) is 19.3 Å². The average Bonchev–Trinajstić information content (AvgIpc) is 3.35. The van der Waals surface area contributed by atoms with Crippen molar-refractivity contribution in [3.63, 3.8) is 0 Å². The zero-order valence-electron chi connectivity index (χ0n) is 20.6. The molecule has 0 aromatic carbocycles. The summed E-state index contributed by atoms with van der Waals surface area (Å²) >= 11 is 0. The molecule has 2 bridgehead atoms. The predicted octanol–water partition coefficient (Wildman–Crippen LogP) is 2.73. The van der Waals surface area contributed by atoms with Gasteiger partial charge in [0.05, 0.1) is 25.0 Å². The Bertz CT molecular complexity index is 1230. The van der Waals surface area contributed by atoms with Gasteiger partial charge >= 0.3 is 0 Å². The number of hydrogen-bond donors (Lipinski definition) is 3. The van der Waals surface area contributed by atoms with Crippen LogP contribution in [0.25, 0.3) is 0 Å². The molecular weight excluding hydrogens is 458 g/mol. The molecule has 3 aromatic heterocycles. The maximum Gasteiger partial charge on any atom is 0.230 e. The van der Waals surface area contributed by atoms with E-state index in [-0.39, 0.29) is 6.61 Å². The lowest BCUT2D eigenvalue weighted by atomic mass is 9.81. The molecule has 0 spiro atoms. The number of aromatic amines is 1. The molecule has 36 heavy (non-hydrogen) atoms. The molecule has 2 saturated heterocycles. The Morgan fingerprint density at radius 3 is 2.69 bits per heavy atom. The second kappa shape index (κ2) is 10.5. The molecule has 0 amide bonds. The Kier molecular flexibility index (Phi) is 6.97. The van der Waals surface area contributed by atoms with E-state index in [4.69, 9.17) is 9.72 Å². The van der Waals surface area contributed by atoms with Gasteiger partial charge in [0.15, 0.2) is 5.82 Å². The van der Waals surface area contributed by atoms with Crippen molar-refractivity contribution < 1.29 is 9.84 Å². The molecule has 2 fully saturated rings. The normalized spacial score (nSPS) is 21.6. The number of rotatable bonds is 8. The van der Waals surface area contributed by atoms with Gasteiger partial charge in [-0.3, -0.25) is 15.0 Å². The number of piperidine rings is 2. The highest BCUT2D eigenvalue weighted by Gasteiger charge is 2.40. The van der Waals surface area contributed by atoms with Gasteiger partial charge in [-0.25, -0.2) is 0 Å². The first-order chi connectivity index (χ1) is 17.6. The molecule has 0 saturated carbocycles. The summed E-state index contributed by atoms with van der Waals surface area (Å²) in [5.41, 5.74) is 2.31. The van der Waals surface area contributed by atoms with Crippen molar-refractivity contribution in [3.8, 4) is 11.9 Å². The monoisotopic (exact) mass is 489 g/mol. The van der Waals surface area contributed by atoms with Crippen LogP contribution < -0.4 is 15.0 Å². The van der Waals surface area contributed by atoms with Crippen molar-refractivity contribution in [1.82, 2.24) is 30.0 Å². The Hall–Kier alpha value is -3.75. The third kappa shape index (κ3) is 5.10. The van der Waals surface area contributed by atoms with Crippen LogP contribution in [0.2, 0.25) is 0 Å². The largest absolute Gasteiger partial charge is 0.481 e. The van der Waals surface area contributed by atoms with Crippen LogP contribution >= 0.6 is 0 Å². The van der Waals surface area contributed by atoms with Crippen LogP contribution in [0.15, 0.2) is 30.6 Å². The van der Waals surface area contributed by atoms with Gasteiger partial charge in [-0.05, 0) is 37.3 Å². The lowest BCUT2D eigenvalue weighted by Gasteiger charge is -2.50. The summed E-state index contributed by atoms with van der Waals surface area (Å²) in [7, 11) is 3.64. The van der Waals surface area contributed by atoms with Gasteiger partial charge in [0.1, 0.15) is 11.9 Å². The molecule has 0 radical (unpaired) electrons. The molecule has 1 unspecified atom stereocenters. The van der Waals surface area contributed by atoms with Gasteiger partial charge in [-0.15, -0.1) is 0 Å². The van der Waals surface area contributed by atoms with Crippen LogP contribution in [0.1, 0.15) is 48.9 Å². The van der Waals surface area contributed by atoms with E-state index in [0.717, 1.165) is 37.8 Å². The number of methoxy groups -OCH3 is 1. The summed E-state index contributed by atoms with van der Waals surface area (Å²) in [5, 5.41) is 28.6. The minimum absolute atomic E-state index is 0.114. The first-order valence-electron chi connectivity index (χ1n) is 12.2. The number of nitrogens with one attached hydrogen (secondary N) is 2. The highest BCUT2D eigenvalue weighted by atomic mass is 16.5. The van der Waals surface area contributed by atoms with Crippen LogP contribution in [0, 0.1) is 11.3 Å². The molecule has 11 nitrogen and oxygen atoms in total. The fourth-order valence-electron chi connectivity index (χ4n) is 5.41. The van der Waals surface area contributed by atoms with Crippen LogP contribution in [0.5, 0.6) is 5.88 Å². The lowest BCUT2D eigenvalue weighted by molar-refractivity contribution is 0.0234. The van der Waals surface area contributed by atoms with Crippen molar-refractivity contribution in [3.05, 3.63) is 47.4 Å². The van der Waals surface area contributed by atoms with Gasteiger partial charge in [0.25, 0.3) is 0 Å². The first-order valence-corrected chi connectivity index (χ1v) is 12.2. The van der Waals surface area contributed by atoms with Gasteiger partial charge in [0, 0.05) is 56.2 Å². The number of nitrogens with zero attached hydrogens (tertiary/aromatic N) is 7. The van der Waals surface area contributed by atoms with Crippen molar-refractivity contribution in [2.24, 2.45) is 0 Å². The summed E-state index contributed by atoms with van der Waals surface area (Å²) in [6.45, 7) is 0.703. The molecule has 188 valence electrons.